The van der Waals surface area contributed by atoms with Crippen molar-refractivity contribution < 1.29 is 19.8 Å². The number of carbonyl (C=O) groups is 2. The van der Waals surface area contributed by atoms with Crippen LogP contribution in [0.3, 0.4) is 0 Å². The Bertz CT molecular complexity index is 395. The number of rotatable bonds is 6. The van der Waals surface area contributed by atoms with Gasteiger partial charge in [-0.25, -0.2) is 0 Å². The fraction of sp³-hybridized carbons (Fsp3) is 0.571. The van der Waals surface area contributed by atoms with Crippen molar-refractivity contribution in [3.63, 3.8) is 0 Å². The van der Waals surface area contributed by atoms with Crippen molar-refractivity contribution in [3.05, 3.63) is 23.8 Å². The Morgan fingerprint density at radius 1 is 1.28 bits per heavy atom. The second-order valence-electron chi connectivity index (χ2n) is 4.72. The maximum Gasteiger partial charge on any atom is 0.314 e. The minimum Gasteiger partial charge on any atom is -0.481 e. The highest BCUT2D eigenvalue weighted by Crippen LogP contribution is 2.43. The number of aliphatic carboxylic acids is 2. The molecule has 0 aromatic rings. The van der Waals surface area contributed by atoms with Gasteiger partial charge in [0.05, 0.1) is 5.92 Å². The Morgan fingerprint density at radius 2 is 1.94 bits per heavy atom. The molecule has 100 valence electrons. The lowest BCUT2D eigenvalue weighted by molar-refractivity contribution is -0.158. The molecule has 0 saturated heterocycles. The van der Waals surface area contributed by atoms with Gasteiger partial charge in [-0.2, -0.15) is 0 Å². The van der Waals surface area contributed by atoms with Crippen LogP contribution in [0.5, 0.6) is 0 Å². The molecule has 4 heteroatoms. The topological polar surface area (TPSA) is 74.6 Å². The summed E-state index contributed by atoms with van der Waals surface area (Å²) in [5, 5.41) is 18.9. The van der Waals surface area contributed by atoms with E-state index in [0.29, 0.717) is 24.8 Å². The molecule has 2 N–H and O–H groups in total. The van der Waals surface area contributed by atoms with E-state index >= 15 is 0 Å². The largest absolute Gasteiger partial charge is 0.481 e. The molecule has 1 aliphatic rings. The van der Waals surface area contributed by atoms with Gasteiger partial charge in [-0.3, -0.25) is 9.59 Å². The Kier molecular flexibility index (Phi) is 4.70. The molecule has 2 atom stereocenters. The lowest BCUT2D eigenvalue weighted by atomic mass is 9.66. The van der Waals surface area contributed by atoms with E-state index in [1.54, 1.807) is 12.2 Å². The third-order valence-corrected chi connectivity index (χ3v) is 3.44. The van der Waals surface area contributed by atoms with Crippen LogP contribution in [0.2, 0.25) is 0 Å². The molecule has 4 nitrogen and oxygen atoms in total. The van der Waals surface area contributed by atoms with Gasteiger partial charge in [-0.15, -0.1) is 0 Å². The average Bonchev–Trinajstić information content (AvgIpc) is 2.29. The Labute approximate surface area is 107 Å². The van der Waals surface area contributed by atoms with Crippen LogP contribution in [0, 0.1) is 11.3 Å². The highest BCUT2D eigenvalue weighted by Gasteiger charge is 2.49. The molecule has 2 unspecified atom stereocenters. The van der Waals surface area contributed by atoms with Gasteiger partial charge in [-0.1, -0.05) is 50.5 Å². The van der Waals surface area contributed by atoms with E-state index in [9.17, 15) is 19.8 Å². The average molecular weight is 252 g/mol. The zero-order valence-electron chi connectivity index (χ0n) is 10.8. The van der Waals surface area contributed by atoms with E-state index in [-0.39, 0.29) is 0 Å². The van der Waals surface area contributed by atoms with Crippen molar-refractivity contribution in [3.8, 4) is 0 Å². The number of carboxylic acid groups (broad SMARTS) is 2. The van der Waals surface area contributed by atoms with Gasteiger partial charge in [0.1, 0.15) is 5.41 Å². The summed E-state index contributed by atoms with van der Waals surface area (Å²) in [7, 11) is 0. The van der Waals surface area contributed by atoms with E-state index in [2.05, 4.69) is 0 Å². The number of hydrogen-bond acceptors (Lipinski definition) is 2. The third kappa shape index (κ3) is 2.47. The molecule has 0 aliphatic heterocycles. The molecule has 18 heavy (non-hydrogen) atoms. The standard InChI is InChI=1S/C14H20O4/c1-3-6-10-7-5-9-14(8-4-2,13(17)18)11(10)12(15)16/h5,7,9,11H,3-4,6,8H2,1-2H3,(H,15,16)(H,17,18). The van der Waals surface area contributed by atoms with Crippen molar-refractivity contribution in [2.24, 2.45) is 11.3 Å². The van der Waals surface area contributed by atoms with Crippen LogP contribution in [0.1, 0.15) is 39.5 Å². The molecule has 1 aliphatic carbocycles. The fourth-order valence-corrected chi connectivity index (χ4v) is 2.71. The summed E-state index contributed by atoms with van der Waals surface area (Å²) in [6, 6.07) is 0. The second-order valence-corrected chi connectivity index (χ2v) is 4.72. The molecule has 0 aromatic carbocycles. The van der Waals surface area contributed by atoms with Crippen molar-refractivity contribution in [2.75, 3.05) is 0 Å². The van der Waals surface area contributed by atoms with Gasteiger partial charge in [-0.05, 0) is 12.8 Å². The molecule has 0 amide bonds. The van der Waals surface area contributed by atoms with Crippen LogP contribution in [0.15, 0.2) is 23.8 Å². The van der Waals surface area contributed by atoms with Crippen LogP contribution in [-0.4, -0.2) is 22.2 Å². The minimum absolute atomic E-state index is 0.344. The van der Waals surface area contributed by atoms with Gasteiger partial charge in [0.25, 0.3) is 0 Å². The number of hydrogen-bond donors (Lipinski definition) is 2. The molecule has 0 heterocycles. The first-order valence-electron chi connectivity index (χ1n) is 6.34. The maximum absolute atomic E-state index is 11.6. The van der Waals surface area contributed by atoms with E-state index < -0.39 is 23.3 Å². The predicted molar refractivity (Wildman–Crippen MR) is 68.2 cm³/mol. The molecule has 0 saturated carbocycles. The van der Waals surface area contributed by atoms with Crippen LogP contribution < -0.4 is 0 Å². The van der Waals surface area contributed by atoms with Crippen molar-refractivity contribution in [1.82, 2.24) is 0 Å². The van der Waals surface area contributed by atoms with Gasteiger partial charge in [0.2, 0.25) is 0 Å². The normalized spacial score (nSPS) is 26.8. The highest BCUT2D eigenvalue weighted by atomic mass is 16.4. The lowest BCUT2D eigenvalue weighted by Crippen LogP contribution is -2.43. The van der Waals surface area contributed by atoms with Gasteiger partial charge in [0.15, 0.2) is 0 Å². The van der Waals surface area contributed by atoms with Crippen LogP contribution >= 0.6 is 0 Å². The summed E-state index contributed by atoms with van der Waals surface area (Å²) in [5.41, 5.74) is -0.580. The first-order valence-corrected chi connectivity index (χ1v) is 6.34. The summed E-state index contributed by atoms with van der Waals surface area (Å²) < 4.78 is 0. The molecule has 0 aromatic heterocycles. The van der Waals surface area contributed by atoms with Crippen LogP contribution in [-0.2, 0) is 9.59 Å². The molecule has 0 bridgehead atoms. The Morgan fingerprint density at radius 3 is 2.39 bits per heavy atom. The highest BCUT2D eigenvalue weighted by molar-refractivity contribution is 5.88. The van der Waals surface area contributed by atoms with Gasteiger partial charge < -0.3 is 10.2 Å². The van der Waals surface area contributed by atoms with Crippen molar-refractivity contribution in [2.45, 2.75) is 39.5 Å². The van der Waals surface area contributed by atoms with E-state index in [1.165, 1.54) is 6.08 Å². The van der Waals surface area contributed by atoms with Crippen molar-refractivity contribution >= 4 is 11.9 Å². The quantitative estimate of drug-likeness (QED) is 0.762. The van der Waals surface area contributed by atoms with Gasteiger partial charge in [0, 0.05) is 0 Å². The second kappa shape index (κ2) is 5.85. The Hall–Kier alpha value is -1.58. The Balaban J connectivity index is 3.24. The minimum atomic E-state index is -1.29. The molecular weight excluding hydrogens is 232 g/mol. The molecule has 0 radical (unpaired) electrons. The first-order chi connectivity index (χ1) is 8.49. The summed E-state index contributed by atoms with van der Waals surface area (Å²) in [4.78, 5) is 23.1. The van der Waals surface area contributed by atoms with E-state index in [0.717, 1.165) is 6.42 Å². The molecule has 1 rings (SSSR count). The monoisotopic (exact) mass is 252 g/mol. The summed E-state index contributed by atoms with van der Waals surface area (Å²) in [5.74, 6) is -3.04. The zero-order valence-corrected chi connectivity index (χ0v) is 10.8. The van der Waals surface area contributed by atoms with E-state index in [1.807, 2.05) is 13.8 Å². The number of allylic oxidation sites excluding steroid dienone is 2. The zero-order chi connectivity index (χ0) is 13.8. The van der Waals surface area contributed by atoms with Crippen LogP contribution in [0.4, 0.5) is 0 Å². The number of carboxylic acids is 2. The van der Waals surface area contributed by atoms with Gasteiger partial charge >= 0.3 is 11.9 Å². The summed E-state index contributed by atoms with van der Waals surface area (Å²) >= 11 is 0. The summed E-state index contributed by atoms with van der Waals surface area (Å²) in [6.07, 6.45) is 7.39. The first kappa shape index (κ1) is 14.5. The lowest BCUT2D eigenvalue weighted by Gasteiger charge is -2.35. The SMILES string of the molecule is CCCC1=CC=CC(CCC)(C(=O)O)C1C(=O)O. The fourth-order valence-electron chi connectivity index (χ4n) is 2.71. The summed E-state index contributed by atoms with van der Waals surface area (Å²) in [6.45, 7) is 3.83. The smallest absolute Gasteiger partial charge is 0.314 e. The molecule has 0 spiro atoms. The molecular formula is C14H20O4. The molecule has 0 fully saturated rings. The third-order valence-electron chi connectivity index (χ3n) is 3.44. The van der Waals surface area contributed by atoms with Crippen LogP contribution in [0.25, 0.3) is 0 Å². The predicted octanol–water partition coefficient (Wildman–Crippen LogP) is 2.85. The van der Waals surface area contributed by atoms with Crippen molar-refractivity contribution in [1.29, 1.82) is 0 Å². The van der Waals surface area contributed by atoms with E-state index in [4.69, 9.17) is 0 Å². The maximum atomic E-state index is 11.6.